The van der Waals surface area contributed by atoms with Crippen molar-refractivity contribution in [3.8, 4) is 0 Å². The molecule has 0 aliphatic heterocycles. The summed E-state index contributed by atoms with van der Waals surface area (Å²) < 4.78 is 0. The van der Waals surface area contributed by atoms with Gasteiger partial charge in [-0.3, -0.25) is 9.59 Å². The summed E-state index contributed by atoms with van der Waals surface area (Å²) in [7, 11) is 1.51. The lowest BCUT2D eigenvalue weighted by atomic mass is 10.0. The molecule has 5 nitrogen and oxygen atoms in total. The normalized spacial score (nSPS) is 12.1. The van der Waals surface area contributed by atoms with Crippen LogP contribution in [0, 0.1) is 5.92 Å². The topological polar surface area (TPSA) is 84.2 Å². The van der Waals surface area contributed by atoms with E-state index < -0.39 is 6.04 Å². The highest BCUT2D eigenvalue weighted by Crippen LogP contribution is 2.20. The smallest absolute Gasteiger partial charge is 0.252 e. The van der Waals surface area contributed by atoms with Crippen LogP contribution in [0.25, 0.3) is 0 Å². The average Bonchev–Trinajstić information content (AvgIpc) is 2.38. The fraction of sp³-hybridized carbons (Fsp3) is 0.385. The first-order valence-corrected chi connectivity index (χ1v) is 6.32. The van der Waals surface area contributed by atoms with Gasteiger partial charge in [0, 0.05) is 12.7 Å². The maximum absolute atomic E-state index is 11.8. The highest BCUT2D eigenvalue weighted by molar-refractivity contribution is 6.34. The molecule has 0 aliphatic rings. The minimum Gasteiger partial charge on any atom is -0.355 e. The first kappa shape index (κ1) is 15.5. The highest BCUT2D eigenvalue weighted by atomic mass is 35.5. The van der Waals surface area contributed by atoms with Gasteiger partial charge in [-0.05, 0) is 24.1 Å². The van der Waals surface area contributed by atoms with Gasteiger partial charge in [-0.2, -0.15) is 0 Å². The monoisotopic (exact) mass is 283 g/mol. The van der Waals surface area contributed by atoms with E-state index >= 15 is 0 Å². The van der Waals surface area contributed by atoms with Crippen LogP contribution in [-0.4, -0.2) is 24.9 Å². The quantitative estimate of drug-likeness (QED) is 0.785. The van der Waals surface area contributed by atoms with Crippen LogP contribution in [0.2, 0.25) is 5.02 Å². The number of rotatable bonds is 4. The van der Waals surface area contributed by atoms with Crippen LogP contribution < -0.4 is 16.4 Å². The van der Waals surface area contributed by atoms with Gasteiger partial charge in [0.2, 0.25) is 5.91 Å². The lowest BCUT2D eigenvalue weighted by molar-refractivity contribution is -0.118. The third-order valence-corrected chi connectivity index (χ3v) is 3.06. The zero-order valence-corrected chi connectivity index (χ0v) is 11.9. The minimum atomic E-state index is -0.598. The Morgan fingerprint density at radius 2 is 1.95 bits per heavy atom. The van der Waals surface area contributed by atoms with E-state index in [2.05, 4.69) is 10.6 Å². The van der Waals surface area contributed by atoms with Crippen LogP contribution in [0.5, 0.6) is 0 Å². The first-order valence-electron chi connectivity index (χ1n) is 5.95. The van der Waals surface area contributed by atoms with Crippen molar-refractivity contribution < 1.29 is 9.59 Å². The van der Waals surface area contributed by atoms with Crippen molar-refractivity contribution in [3.05, 3.63) is 28.8 Å². The SMILES string of the molecule is CNC(=O)c1cc(NC(=O)[C@@H](N)C(C)C)ccc1Cl. The van der Waals surface area contributed by atoms with Crippen molar-refractivity contribution in [2.24, 2.45) is 11.7 Å². The molecule has 0 unspecified atom stereocenters. The minimum absolute atomic E-state index is 0.0331. The summed E-state index contributed by atoms with van der Waals surface area (Å²) in [4.78, 5) is 23.4. The highest BCUT2D eigenvalue weighted by Gasteiger charge is 2.18. The summed E-state index contributed by atoms with van der Waals surface area (Å²) in [5.41, 5.74) is 6.54. The second kappa shape index (κ2) is 6.54. The summed E-state index contributed by atoms with van der Waals surface area (Å²) in [5, 5.41) is 5.47. The number of carbonyl (C=O) groups is 2. The number of hydrogen-bond acceptors (Lipinski definition) is 3. The molecular weight excluding hydrogens is 266 g/mol. The van der Waals surface area contributed by atoms with Gasteiger partial charge in [0.05, 0.1) is 16.6 Å². The van der Waals surface area contributed by atoms with Crippen LogP contribution in [0.3, 0.4) is 0 Å². The van der Waals surface area contributed by atoms with Gasteiger partial charge in [0.15, 0.2) is 0 Å². The Kier molecular flexibility index (Phi) is 5.32. The first-order chi connectivity index (χ1) is 8.86. The van der Waals surface area contributed by atoms with E-state index in [1.165, 1.54) is 13.1 Å². The summed E-state index contributed by atoms with van der Waals surface area (Å²) in [6.07, 6.45) is 0. The van der Waals surface area contributed by atoms with Gasteiger partial charge >= 0.3 is 0 Å². The average molecular weight is 284 g/mol. The summed E-state index contributed by atoms with van der Waals surface area (Å²) >= 11 is 5.92. The number of hydrogen-bond donors (Lipinski definition) is 3. The molecule has 4 N–H and O–H groups in total. The molecule has 0 saturated heterocycles. The van der Waals surface area contributed by atoms with E-state index in [1.807, 2.05) is 13.8 Å². The molecule has 104 valence electrons. The standard InChI is InChI=1S/C13H18ClN3O2/c1-7(2)11(15)13(19)17-8-4-5-10(14)9(6-8)12(18)16-3/h4-7,11H,15H2,1-3H3,(H,16,18)(H,17,19)/t11-/m0/s1. The van der Waals surface area contributed by atoms with E-state index in [4.69, 9.17) is 17.3 Å². The molecule has 0 spiro atoms. The molecule has 0 aromatic heterocycles. The zero-order valence-electron chi connectivity index (χ0n) is 11.2. The molecule has 1 aromatic rings. The van der Waals surface area contributed by atoms with Gasteiger partial charge in [-0.15, -0.1) is 0 Å². The summed E-state index contributed by atoms with van der Waals surface area (Å²) in [6.45, 7) is 3.73. The van der Waals surface area contributed by atoms with Crippen molar-refractivity contribution in [1.82, 2.24) is 5.32 Å². The Morgan fingerprint density at radius 3 is 2.47 bits per heavy atom. The molecule has 0 radical (unpaired) electrons. The molecule has 1 aromatic carbocycles. The largest absolute Gasteiger partial charge is 0.355 e. The number of benzene rings is 1. The van der Waals surface area contributed by atoms with Crippen LogP contribution >= 0.6 is 11.6 Å². The number of nitrogens with one attached hydrogen (secondary N) is 2. The predicted octanol–water partition coefficient (Wildman–Crippen LogP) is 1.62. The van der Waals surface area contributed by atoms with Crippen LogP contribution in [0.15, 0.2) is 18.2 Å². The molecule has 6 heteroatoms. The third kappa shape index (κ3) is 3.94. The Balaban J connectivity index is 2.91. The Hall–Kier alpha value is -1.59. The Labute approximate surface area is 117 Å². The molecule has 0 aliphatic carbocycles. The van der Waals surface area contributed by atoms with Crippen LogP contribution in [-0.2, 0) is 4.79 Å². The Morgan fingerprint density at radius 1 is 1.32 bits per heavy atom. The number of halogens is 1. The maximum atomic E-state index is 11.8. The molecular formula is C13H18ClN3O2. The second-order valence-electron chi connectivity index (χ2n) is 4.53. The van der Waals surface area contributed by atoms with Crippen molar-refractivity contribution >= 4 is 29.1 Å². The number of amides is 2. The lowest BCUT2D eigenvalue weighted by Gasteiger charge is -2.16. The van der Waals surface area contributed by atoms with Gasteiger partial charge in [-0.1, -0.05) is 25.4 Å². The Bertz CT molecular complexity index is 489. The molecule has 0 saturated carbocycles. The number of carbonyl (C=O) groups excluding carboxylic acids is 2. The zero-order chi connectivity index (χ0) is 14.6. The molecule has 0 heterocycles. The molecule has 0 fully saturated rings. The van der Waals surface area contributed by atoms with E-state index in [0.29, 0.717) is 16.3 Å². The van der Waals surface area contributed by atoms with E-state index in [1.54, 1.807) is 12.1 Å². The van der Waals surface area contributed by atoms with Gasteiger partial charge in [0.25, 0.3) is 5.91 Å². The predicted molar refractivity (Wildman–Crippen MR) is 76.3 cm³/mol. The number of anilines is 1. The molecule has 1 rings (SSSR count). The van der Waals surface area contributed by atoms with Gasteiger partial charge in [0.1, 0.15) is 0 Å². The van der Waals surface area contributed by atoms with E-state index in [-0.39, 0.29) is 17.7 Å². The van der Waals surface area contributed by atoms with Gasteiger partial charge < -0.3 is 16.4 Å². The van der Waals surface area contributed by atoms with Crippen LogP contribution in [0.1, 0.15) is 24.2 Å². The van der Waals surface area contributed by atoms with Crippen molar-refractivity contribution in [2.45, 2.75) is 19.9 Å². The van der Waals surface area contributed by atoms with Crippen molar-refractivity contribution in [3.63, 3.8) is 0 Å². The molecule has 19 heavy (non-hydrogen) atoms. The van der Waals surface area contributed by atoms with E-state index in [9.17, 15) is 9.59 Å². The van der Waals surface area contributed by atoms with Crippen molar-refractivity contribution in [1.29, 1.82) is 0 Å². The molecule has 2 amide bonds. The van der Waals surface area contributed by atoms with Crippen molar-refractivity contribution in [2.75, 3.05) is 12.4 Å². The second-order valence-corrected chi connectivity index (χ2v) is 4.94. The fourth-order valence-electron chi connectivity index (χ4n) is 1.44. The fourth-order valence-corrected chi connectivity index (χ4v) is 1.64. The van der Waals surface area contributed by atoms with Gasteiger partial charge in [-0.25, -0.2) is 0 Å². The summed E-state index contributed by atoms with van der Waals surface area (Å²) in [6, 6.07) is 4.10. The lowest BCUT2D eigenvalue weighted by Crippen LogP contribution is -2.39. The molecule has 0 bridgehead atoms. The van der Waals surface area contributed by atoms with Crippen LogP contribution in [0.4, 0.5) is 5.69 Å². The summed E-state index contributed by atoms with van der Waals surface area (Å²) in [5.74, 6) is -0.569. The number of nitrogens with two attached hydrogens (primary N) is 1. The van der Waals surface area contributed by atoms with E-state index in [0.717, 1.165) is 0 Å². The molecule has 1 atom stereocenters. The third-order valence-electron chi connectivity index (χ3n) is 2.73. The maximum Gasteiger partial charge on any atom is 0.252 e.